The number of nitro groups is 1. The van der Waals surface area contributed by atoms with Crippen LogP contribution in [0.25, 0.3) is 0 Å². The minimum atomic E-state index is -0.378. The molecule has 0 radical (unpaired) electrons. The maximum atomic E-state index is 10.6. The van der Waals surface area contributed by atoms with Crippen LogP contribution in [0.1, 0.15) is 24.8 Å². The van der Waals surface area contributed by atoms with Crippen LogP contribution >= 0.6 is 0 Å². The first-order valence-corrected chi connectivity index (χ1v) is 7.25. The van der Waals surface area contributed by atoms with Crippen LogP contribution in [0.5, 0.6) is 0 Å². The molecule has 2 rings (SSSR count). The minimum Gasteiger partial charge on any atom is -0.396 e. The third kappa shape index (κ3) is 4.02. The lowest BCUT2D eigenvalue weighted by molar-refractivity contribution is -0.384. The van der Waals surface area contributed by atoms with Gasteiger partial charge in [0.15, 0.2) is 0 Å². The van der Waals surface area contributed by atoms with Crippen molar-refractivity contribution in [3.63, 3.8) is 0 Å². The Kier molecular flexibility index (Phi) is 5.49. The van der Waals surface area contributed by atoms with Crippen molar-refractivity contribution in [2.75, 3.05) is 19.7 Å². The van der Waals surface area contributed by atoms with Crippen LogP contribution in [-0.2, 0) is 6.42 Å². The number of hydrogen-bond donors (Lipinski definition) is 2. The Labute approximate surface area is 119 Å². The highest BCUT2D eigenvalue weighted by atomic mass is 16.6. The van der Waals surface area contributed by atoms with Gasteiger partial charge in [0.2, 0.25) is 0 Å². The number of nitro benzene ring substituents is 1. The third-order valence-electron chi connectivity index (χ3n) is 4.20. The number of benzene rings is 1. The Morgan fingerprint density at radius 2 is 1.95 bits per heavy atom. The van der Waals surface area contributed by atoms with Gasteiger partial charge in [-0.3, -0.25) is 10.1 Å². The lowest BCUT2D eigenvalue weighted by atomic mass is 9.97. The van der Waals surface area contributed by atoms with E-state index in [1.807, 2.05) is 12.1 Å². The van der Waals surface area contributed by atoms with Crippen LogP contribution < -0.4 is 5.32 Å². The first-order chi connectivity index (χ1) is 9.70. The molecule has 1 aromatic rings. The molecule has 2 unspecified atom stereocenters. The summed E-state index contributed by atoms with van der Waals surface area (Å²) >= 11 is 0. The van der Waals surface area contributed by atoms with Gasteiger partial charge in [0.1, 0.15) is 0 Å². The van der Waals surface area contributed by atoms with Gasteiger partial charge in [-0.05, 0) is 49.8 Å². The molecule has 2 atom stereocenters. The summed E-state index contributed by atoms with van der Waals surface area (Å²) < 4.78 is 0. The number of nitrogens with one attached hydrogen (secondary N) is 1. The summed E-state index contributed by atoms with van der Waals surface area (Å²) in [6, 6.07) is 6.72. The smallest absolute Gasteiger partial charge is 0.269 e. The monoisotopic (exact) mass is 278 g/mol. The van der Waals surface area contributed by atoms with Crippen molar-refractivity contribution in [1.82, 2.24) is 5.32 Å². The van der Waals surface area contributed by atoms with Gasteiger partial charge in [-0.1, -0.05) is 18.6 Å². The number of rotatable bonds is 7. The lowest BCUT2D eigenvalue weighted by Crippen LogP contribution is -2.28. The molecule has 0 heterocycles. The molecule has 0 saturated heterocycles. The predicted molar refractivity (Wildman–Crippen MR) is 77.6 cm³/mol. The van der Waals surface area contributed by atoms with Crippen LogP contribution in [0.15, 0.2) is 24.3 Å². The first kappa shape index (κ1) is 14.9. The maximum absolute atomic E-state index is 10.6. The molecular formula is C15H22N2O3. The number of nitrogens with zero attached hydrogens (tertiary/aromatic N) is 1. The lowest BCUT2D eigenvalue weighted by Gasteiger charge is -2.17. The molecule has 1 aliphatic carbocycles. The zero-order valence-electron chi connectivity index (χ0n) is 11.6. The normalized spacial score (nSPS) is 22.1. The molecule has 1 saturated carbocycles. The number of hydrogen-bond acceptors (Lipinski definition) is 4. The Morgan fingerprint density at radius 3 is 2.60 bits per heavy atom. The highest BCUT2D eigenvalue weighted by molar-refractivity contribution is 5.32. The number of aliphatic hydroxyl groups excluding tert-OH is 1. The molecule has 20 heavy (non-hydrogen) atoms. The highest BCUT2D eigenvalue weighted by Crippen LogP contribution is 2.30. The third-order valence-corrected chi connectivity index (χ3v) is 4.20. The van der Waals surface area contributed by atoms with Crippen molar-refractivity contribution in [3.8, 4) is 0 Å². The Bertz CT molecular complexity index is 433. The van der Waals surface area contributed by atoms with E-state index in [0.29, 0.717) is 18.4 Å². The van der Waals surface area contributed by atoms with E-state index in [2.05, 4.69) is 5.32 Å². The van der Waals surface area contributed by atoms with Crippen molar-refractivity contribution >= 4 is 5.69 Å². The largest absolute Gasteiger partial charge is 0.396 e. The van der Waals surface area contributed by atoms with Crippen molar-refractivity contribution in [3.05, 3.63) is 39.9 Å². The van der Waals surface area contributed by atoms with Gasteiger partial charge < -0.3 is 10.4 Å². The maximum Gasteiger partial charge on any atom is 0.269 e. The van der Waals surface area contributed by atoms with Gasteiger partial charge in [-0.2, -0.15) is 0 Å². The molecular weight excluding hydrogens is 256 g/mol. The fourth-order valence-corrected chi connectivity index (χ4v) is 2.93. The van der Waals surface area contributed by atoms with Gasteiger partial charge in [-0.15, -0.1) is 0 Å². The zero-order valence-corrected chi connectivity index (χ0v) is 11.6. The average Bonchev–Trinajstić information content (AvgIpc) is 2.91. The average molecular weight is 278 g/mol. The van der Waals surface area contributed by atoms with Crippen molar-refractivity contribution < 1.29 is 10.0 Å². The van der Waals surface area contributed by atoms with Gasteiger partial charge >= 0.3 is 0 Å². The van der Waals surface area contributed by atoms with E-state index in [4.69, 9.17) is 0 Å². The molecule has 0 aliphatic heterocycles. The van der Waals surface area contributed by atoms with Crippen LogP contribution in [0.3, 0.4) is 0 Å². The molecule has 0 spiro atoms. The first-order valence-electron chi connectivity index (χ1n) is 7.25. The van der Waals surface area contributed by atoms with Gasteiger partial charge in [-0.25, -0.2) is 0 Å². The van der Waals surface area contributed by atoms with Crippen LogP contribution in [0.4, 0.5) is 5.69 Å². The summed E-state index contributed by atoms with van der Waals surface area (Å²) in [5, 5.41) is 23.2. The van der Waals surface area contributed by atoms with E-state index < -0.39 is 0 Å². The van der Waals surface area contributed by atoms with Gasteiger partial charge in [0.25, 0.3) is 5.69 Å². The van der Waals surface area contributed by atoms with E-state index in [1.165, 1.54) is 12.8 Å². The summed E-state index contributed by atoms with van der Waals surface area (Å²) in [5.41, 5.74) is 1.24. The second-order valence-electron chi connectivity index (χ2n) is 5.51. The fraction of sp³-hybridized carbons (Fsp3) is 0.600. The van der Waals surface area contributed by atoms with E-state index in [1.54, 1.807) is 12.1 Å². The van der Waals surface area contributed by atoms with E-state index in [0.717, 1.165) is 31.5 Å². The summed E-state index contributed by atoms with van der Waals surface area (Å²) in [4.78, 5) is 10.2. The summed E-state index contributed by atoms with van der Waals surface area (Å²) in [6.07, 6.45) is 4.44. The molecule has 1 aliphatic rings. The summed E-state index contributed by atoms with van der Waals surface area (Å²) in [6.45, 7) is 2.12. The second kappa shape index (κ2) is 7.36. The SMILES string of the molecule is O=[N+]([O-])c1ccc(CCNCC2CCCC2CO)cc1. The molecule has 110 valence electrons. The van der Waals surface area contributed by atoms with Crippen LogP contribution in [0, 0.1) is 22.0 Å². The second-order valence-corrected chi connectivity index (χ2v) is 5.51. The highest BCUT2D eigenvalue weighted by Gasteiger charge is 2.25. The van der Waals surface area contributed by atoms with E-state index >= 15 is 0 Å². The Balaban J connectivity index is 1.69. The molecule has 0 aromatic heterocycles. The van der Waals surface area contributed by atoms with Crippen LogP contribution in [0.2, 0.25) is 0 Å². The fourth-order valence-electron chi connectivity index (χ4n) is 2.93. The molecule has 0 bridgehead atoms. The Morgan fingerprint density at radius 1 is 1.25 bits per heavy atom. The number of non-ortho nitro benzene ring substituents is 1. The Hall–Kier alpha value is -1.46. The zero-order chi connectivity index (χ0) is 14.4. The van der Waals surface area contributed by atoms with Crippen molar-refractivity contribution in [1.29, 1.82) is 0 Å². The van der Waals surface area contributed by atoms with Crippen molar-refractivity contribution in [2.24, 2.45) is 11.8 Å². The standard InChI is InChI=1S/C15H22N2O3/c18-11-14-3-1-2-13(14)10-16-9-8-12-4-6-15(7-5-12)17(19)20/h4-7,13-14,16,18H,1-3,8-11H2. The molecule has 2 N–H and O–H groups in total. The van der Waals surface area contributed by atoms with Gasteiger partial charge in [0, 0.05) is 18.7 Å². The predicted octanol–water partition coefficient (Wildman–Crippen LogP) is 2.14. The molecule has 5 nitrogen and oxygen atoms in total. The molecule has 1 aromatic carbocycles. The van der Waals surface area contributed by atoms with Crippen molar-refractivity contribution in [2.45, 2.75) is 25.7 Å². The molecule has 1 fully saturated rings. The molecule has 0 amide bonds. The van der Waals surface area contributed by atoms with Gasteiger partial charge in [0.05, 0.1) is 4.92 Å². The minimum absolute atomic E-state index is 0.137. The number of aliphatic hydroxyl groups is 1. The quantitative estimate of drug-likeness (QED) is 0.455. The van der Waals surface area contributed by atoms with Crippen LogP contribution in [-0.4, -0.2) is 29.7 Å². The van der Waals surface area contributed by atoms with E-state index in [9.17, 15) is 15.2 Å². The summed E-state index contributed by atoms with van der Waals surface area (Å²) in [7, 11) is 0. The topological polar surface area (TPSA) is 75.4 Å². The van der Waals surface area contributed by atoms with E-state index in [-0.39, 0.29) is 10.6 Å². The summed E-state index contributed by atoms with van der Waals surface area (Å²) in [5.74, 6) is 1.05. The molecule has 5 heteroatoms.